The maximum absolute atomic E-state index is 15.1. The van der Waals surface area contributed by atoms with Crippen molar-refractivity contribution in [2.75, 3.05) is 0 Å². The molecule has 0 amide bonds. The normalized spacial score (nSPS) is 11.6. The molecule has 6 aromatic carbocycles. The number of furan rings is 1. The molecule has 0 radical (unpaired) electrons. The zero-order valence-electron chi connectivity index (χ0n) is 24.4. The summed E-state index contributed by atoms with van der Waals surface area (Å²) in [5, 5.41) is 4.45. The van der Waals surface area contributed by atoms with Gasteiger partial charge in [0.2, 0.25) is 0 Å². The van der Waals surface area contributed by atoms with Crippen molar-refractivity contribution in [2.24, 2.45) is 0 Å². The number of fused-ring (bicyclic) bond motifs is 3. The average Bonchev–Trinajstić information content (AvgIpc) is 3.54. The van der Waals surface area contributed by atoms with E-state index in [9.17, 15) is 0 Å². The van der Waals surface area contributed by atoms with Crippen LogP contribution in [0.15, 0.2) is 174 Å². The molecular weight excluding hydrogens is 569 g/mol. The standard InChI is InChI=1S/C41H28NO2P/c43-45(32-19-9-3-10-20-32,33-21-11-4-12-22-33)34-27-25-29(26-28-34)37-38-35-23-13-14-24-36(35)42-39(30-15-5-1-6-16-30)41(38)44-40(37)31-17-7-2-8-18-31/h1-28H. The second-order valence-corrected chi connectivity index (χ2v) is 13.8. The minimum Gasteiger partial charge on any atom is -0.453 e. The summed E-state index contributed by atoms with van der Waals surface area (Å²) in [6.45, 7) is 0. The molecule has 0 fully saturated rings. The third-order valence-corrected chi connectivity index (χ3v) is 11.4. The Kier molecular flexibility index (Phi) is 6.74. The molecule has 0 unspecified atom stereocenters. The molecule has 214 valence electrons. The smallest absolute Gasteiger partial charge is 0.171 e. The number of hydrogen-bond donors (Lipinski definition) is 0. The fraction of sp³-hybridized carbons (Fsp3) is 0. The highest BCUT2D eigenvalue weighted by atomic mass is 31.2. The van der Waals surface area contributed by atoms with Crippen molar-refractivity contribution in [3.05, 3.63) is 170 Å². The predicted molar refractivity (Wildman–Crippen MR) is 187 cm³/mol. The first-order chi connectivity index (χ1) is 22.2. The van der Waals surface area contributed by atoms with Gasteiger partial charge in [-0.25, -0.2) is 4.98 Å². The molecule has 2 heterocycles. The maximum Gasteiger partial charge on any atom is 0.171 e. The number of rotatable bonds is 6. The number of nitrogens with zero attached hydrogens (tertiary/aromatic N) is 1. The molecule has 0 N–H and O–H groups in total. The first-order valence-corrected chi connectivity index (χ1v) is 16.7. The largest absolute Gasteiger partial charge is 0.453 e. The summed E-state index contributed by atoms with van der Waals surface area (Å²) in [5.41, 5.74) is 6.41. The molecule has 0 aliphatic rings. The Labute approximate surface area is 261 Å². The molecule has 3 nitrogen and oxygen atoms in total. The molecule has 8 rings (SSSR count). The van der Waals surface area contributed by atoms with Crippen LogP contribution in [0.2, 0.25) is 0 Å². The molecule has 0 aliphatic carbocycles. The highest BCUT2D eigenvalue weighted by Gasteiger charge is 2.30. The van der Waals surface area contributed by atoms with Crippen molar-refractivity contribution in [1.29, 1.82) is 0 Å². The summed E-state index contributed by atoms with van der Waals surface area (Å²) in [4.78, 5) is 5.10. The van der Waals surface area contributed by atoms with Crippen LogP contribution in [0.3, 0.4) is 0 Å². The highest BCUT2D eigenvalue weighted by Crippen LogP contribution is 2.47. The zero-order valence-corrected chi connectivity index (χ0v) is 25.3. The van der Waals surface area contributed by atoms with Gasteiger partial charge in [-0.2, -0.15) is 0 Å². The molecular formula is C41H28NO2P. The van der Waals surface area contributed by atoms with E-state index >= 15 is 4.57 Å². The van der Waals surface area contributed by atoms with Crippen molar-refractivity contribution in [3.8, 4) is 33.7 Å². The van der Waals surface area contributed by atoms with Crippen LogP contribution >= 0.6 is 7.14 Å². The minimum absolute atomic E-state index is 0.747. The minimum atomic E-state index is -3.11. The van der Waals surface area contributed by atoms with Crippen LogP contribution in [0.25, 0.3) is 55.6 Å². The van der Waals surface area contributed by atoms with Crippen molar-refractivity contribution in [1.82, 2.24) is 4.98 Å². The van der Waals surface area contributed by atoms with Crippen molar-refractivity contribution in [3.63, 3.8) is 0 Å². The molecule has 0 saturated heterocycles. The van der Waals surface area contributed by atoms with Crippen LogP contribution < -0.4 is 15.9 Å². The third kappa shape index (κ3) is 4.61. The van der Waals surface area contributed by atoms with Crippen molar-refractivity contribution < 1.29 is 8.98 Å². The fourth-order valence-corrected chi connectivity index (χ4v) is 8.88. The highest BCUT2D eigenvalue weighted by molar-refractivity contribution is 7.85. The van der Waals surface area contributed by atoms with Crippen LogP contribution in [-0.2, 0) is 4.57 Å². The summed E-state index contributed by atoms with van der Waals surface area (Å²) in [5.74, 6) is 0.781. The molecule has 0 spiro atoms. The number of hydrogen-bond acceptors (Lipinski definition) is 3. The molecule has 0 aliphatic heterocycles. The Hall–Kier alpha value is -5.50. The van der Waals surface area contributed by atoms with Gasteiger partial charge in [-0.3, -0.25) is 0 Å². The number of aromatic nitrogens is 1. The van der Waals surface area contributed by atoms with Gasteiger partial charge in [0.15, 0.2) is 12.7 Å². The first kappa shape index (κ1) is 27.1. The van der Waals surface area contributed by atoms with Gasteiger partial charge >= 0.3 is 0 Å². The molecule has 4 heteroatoms. The van der Waals surface area contributed by atoms with E-state index < -0.39 is 7.14 Å². The van der Waals surface area contributed by atoms with E-state index in [-0.39, 0.29) is 0 Å². The Morgan fingerprint density at radius 1 is 0.467 bits per heavy atom. The van der Waals surface area contributed by atoms with Crippen LogP contribution in [0, 0.1) is 0 Å². The summed E-state index contributed by atoms with van der Waals surface area (Å²) < 4.78 is 21.9. The van der Waals surface area contributed by atoms with Crippen LogP contribution in [0.1, 0.15) is 0 Å². The van der Waals surface area contributed by atoms with Crippen LogP contribution in [-0.4, -0.2) is 4.98 Å². The second kappa shape index (κ2) is 11.2. The fourth-order valence-electron chi connectivity index (χ4n) is 6.23. The van der Waals surface area contributed by atoms with Crippen molar-refractivity contribution >= 4 is 44.9 Å². The summed E-state index contributed by atoms with van der Waals surface area (Å²) >= 11 is 0. The molecule has 0 saturated carbocycles. The van der Waals surface area contributed by atoms with E-state index in [0.717, 1.165) is 71.5 Å². The lowest BCUT2D eigenvalue weighted by Gasteiger charge is -2.20. The lowest BCUT2D eigenvalue weighted by Crippen LogP contribution is -2.24. The van der Waals surface area contributed by atoms with Gasteiger partial charge in [0.05, 0.1) is 5.52 Å². The SMILES string of the molecule is O=P(c1ccccc1)(c1ccccc1)c1ccc(-c2c(-c3ccccc3)oc3c(-c4ccccc4)nc4ccccc4c23)cc1. The quantitative estimate of drug-likeness (QED) is 0.179. The number of benzene rings is 6. The lowest BCUT2D eigenvalue weighted by atomic mass is 9.95. The number of pyridine rings is 1. The van der Waals surface area contributed by atoms with Crippen LogP contribution in [0.5, 0.6) is 0 Å². The van der Waals surface area contributed by atoms with Gasteiger partial charge in [0, 0.05) is 43.4 Å². The van der Waals surface area contributed by atoms with Gasteiger partial charge in [0.25, 0.3) is 0 Å². The Morgan fingerprint density at radius 3 is 1.56 bits per heavy atom. The van der Waals surface area contributed by atoms with Gasteiger partial charge in [-0.05, 0) is 11.6 Å². The van der Waals surface area contributed by atoms with Gasteiger partial charge in [0.1, 0.15) is 11.5 Å². The summed E-state index contributed by atoms with van der Waals surface area (Å²) in [7, 11) is -3.11. The Morgan fingerprint density at radius 2 is 0.956 bits per heavy atom. The molecule has 0 atom stereocenters. The summed E-state index contributed by atoms with van der Waals surface area (Å²) in [6.07, 6.45) is 0. The zero-order chi connectivity index (χ0) is 30.2. The van der Waals surface area contributed by atoms with Gasteiger partial charge in [-0.1, -0.05) is 164 Å². The van der Waals surface area contributed by atoms with E-state index in [1.165, 1.54) is 0 Å². The van der Waals surface area contributed by atoms with E-state index in [1.54, 1.807) is 0 Å². The van der Waals surface area contributed by atoms with Gasteiger partial charge in [-0.15, -0.1) is 0 Å². The van der Waals surface area contributed by atoms with Crippen LogP contribution in [0.4, 0.5) is 0 Å². The number of para-hydroxylation sites is 1. The van der Waals surface area contributed by atoms with E-state index in [4.69, 9.17) is 9.40 Å². The molecule has 0 bridgehead atoms. The third-order valence-electron chi connectivity index (χ3n) is 8.37. The molecule has 45 heavy (non-hydrogen) atoms. The van der Waals surface area contributed by atoms with Crippen molar-refractivity contribution in [2.45, 2.75) is 0 Å². The summed E-state index contributed by atoms with van der Waals surface area (Å²) in [6, 6.07) is 56.4. The maximum atomic E-state index is 15.1. The van der Waals surface area contributed by atoms with E-state index in [0.29, 0.717) is 0 Å². The topological polar surface area (TPSA) is 43.1 Å². The van der Waals surface area contributed by atoms with E-state index in [1.807, 2.05) is 121 Å². The Balaban J connectivity index is 1.40. The first-order valence-electron chi connectivity index (χ1n) is 15.0. The Bertz CT molecular complexity index is 2270. The average molecular weight is 598 g/mol. The predicted octanol–water partition coefficient (Wildman–Crippen LogP) is 9.62. The monoisotopic (exact) mass is 597 g/mol. The van der Waals surface area contributed by atoms with Gasteiger partial charge < -0.3 is 8.98 Å². The lowest BCUT2D eigenvalue weighted by molar-refractivity contribution is 0.592. The molecule has 2 aromatic heterocycles. The second-order valence-electron chi connectivity index (χ2n) is 11.0. The molecule has 8 aromatic rings. The van der Waals surface area contributed by atoms with E-state index in [2.05, 4.69) is 48.5 Å².